The largest absolute Gasteiger partial charge is 0.493 e. The second-order valence-corrected chi connectivity index (χ2v) is 6.49. The van der Waals surface area contributed by atoms with E-state index in [-0.39, 0.29) is 27.2 Å². The van der Waals surface area contributed by atoms with Crippen molar-refractivity contribution >= 4 is 33.3 Å². The Hall–Kier alpha value is -1.63. The van der Waals surface area contributed by atoms with Crippen molar-refractivity contribution in [3.8, 4) is 17.2 Å². The fourth-order valence-electron chi connectivity index (χ4n) is 1.71. The molecule has 2 aromatic carbocycles. The first-order valence-electron chi connectivity index (χ1n) is 5.99. The van der Waals surface area contributed by atoms with E-state index in [1.54, 1.807) is 0 Å². The summed E-state index contributed by atoms with van der Waals surface area (Å²) in [7, 11) is -1.36. The molecule has 8 heteroatoms. The Morgan fingerprint density at radius 2 is 1.50 bits per heavy atom. The van der Waals surface area contributed by atoms with E-state index in [1.165, 1.54) is 50.6 Å². The maximum atomic E-state index is 12.3. The third-order valence-corrected chi connectivity index (χ3v) is 4.53. The van der Waals surface area contributed by atoms with Gasteiger partial charge in [0.2, 0.25) is 5.75 Å². The van der Waals surface area contributed by atoms with Crippen LogP contribution in [-0.4, -0.2) is 22.6 Å². The third kappa shape index (κ3) is 3.40. The Labute approximate surface area is 138 Å². The summed E-state index contributed by atoms with van der Waals surface area (Å²) in [5, 5.41) is 0.612. The molecular weight excluding hydrogens is 351 g/mol. The van der Waals surface area contributed by atoms with E-state index in [1.807, 2.05) is 0 Å². The number of halogens is 2. The van der Waals surface area contributed by atoms with E-state index in [0.717, 1.165) is 0 Å². The molecule has 0 aliphatic rings. The minimum atomic E-state index is -4.09. The molecule has 0 fully saturated rings. The van der Waals surface area contributed by atoms with Crippen molar-refractivity contribution in [2.24, 2.45) is 0 Å². The van der Waals surface area contributed by atoms with Crippen LogP contribution in [0.25, 0.3) is 0 Å². The van der Waals surface area contributed by atoms with Gasteiger partial charge in [-0.15, -0.1) is 0 Å². The van der Waals surface area contributed by atoms with Crippen molar-refractivity contribution in [3.05, 3.63) is 46.4 Å². The molecule has 0 bridgehead atoms. The van der Waals surface area contributed by atoms with Crippen molar-refractivity contribution in [1.29, 1.82) is 0 Å². The van der Waals surface area contributed by atoms with Crippen molar-refractivity contribution in [2.75, 3.05) is 14.2 Å². The SMILES string of the molecule is COc1ccc(Cl)c(OC)c1OS(=O)(=O)c1ccc(Cl)cc1. The monoisotopic (exact) mass is 362 g/mol. The zero-order valence-electron chi connectivity index (χ0n) is 11.7. The zero-order chi connectivity index (χ0) is 16.3. The van der Waals surface area contributed by atoms with Crippen LogP contribution in [0.1, 0.15) is 0 Å². The zero-order valence-corrected chi connectivity index (χ0v) is 14.0. The van der Waals surface area contributed by atoms with Gasteiger partial charge in [-0.1, -0.05) is 23.2 Å². The lowest BCUT2D eigenvalue weighted by Crippen LogP contribution is -2.11. The summed E-state index contributed by atoms with van der Waals surface area (Å²) in [5.41, 5.74) is 0. The Morgan fingerprint density at radius 1 is 0.864 bits per heavy atom. The number of rotatable bonds is 5. The quantitative estimate of drug-likeness (QED) is 0.757. The maximum absolute atomic E-state index is 12.3. The predicted octanol–water partition coefficient (Wildman–Crippen LogP) is 3.78. The van der Waals surface area contributed by atoms with Gasteiger partial charge < -0.3 is 13.7 Å². The second-order valence-electron chi connectivity index (χ2n) is 4.10. The van der Waals surface area contributed by atoms with Gasteiger partial charge in [0, 0.05) is 5.02 Å². The molecule has 0 saturated carbocycles. The number of ether oxygens (including phenoxy) is 2. The molecule has 0 amide bonds. The summed E-state index contributed by atoms with van der Waals surface area (Å²) in [6, 6.07) is 8.56. The van der Waals surface area contributed by atoms with Crippen LogP contribution in [0.4, 0.5) is 0 Å². The molecule has 0 radical (unpaired) electrons. The van der Waals surface area contributed by atoms with Gasteiger partial charge in [0.15, 0.2) is 11.5 Å². The van der Waals surface area contributed by atoms with Gasteiger partial charge in [0.1, 0.15) is 4.90 Å². The van der Waals surface area contributed by atoms with Crippen LogP contribution in [0.5, 0.6) is 17.2 Å². The van der Waals surface area contributed by atoms with Crippen LogP contribution >= 0.6 is 23.2 Å². The van der Waals surface area contributed by atoms with Gasteiger partial charge in [0.25, 0.3) is 0 Å². The number of benzene rings is 2. The molecule has 5 nitrogen and oxygen atoms in total. The first kappa shape index (κ1) is 16.7. The summed E-state index contributed by atoms with van der Waals surface area (Å²) in [6.45, 7) is 0. The minimum absolute atomic E-state index is 0.0546. The normalized spacial score (nSPS) is 11.1. The molecule has 0 unspecified atom stereocenters. The van der Waals surface area contributed by atoms with Crippen molar-refractivity contribution in [3.63, 3.8) is 0 Å². The van der Waals surface area contributed by atoms with Gasteiger partial charge in [-0.25, -0.2) is 0 Å². The molecule has 0 spiro atoms. The fourth-order valence-corrected chi connectivity index (χ4v) is 3.00. The summed E-state index contributed by atoms with van der Waals surface area (Å²) in [6.07, 6.45) is 0. The number of methoxy groups -OCH3 is 2. The van der Waals surface area contributed by atoms with Gasteiger partial charge in [-0.05, 0) is 36.4 Å². The van der Waals surface area contributed by atoms with E-state index in [0.29, 0.717) is 5.02 Å². The number of hydrogen-bond acceptors (Lipinski definition) is 5. The third-order valence-electron chi connectivity index (χ3n) is 2.75. The van der Waals surface area contributed by atoms with Crippen molar-refractivity contribution in [1.82, 2.24) is 0 Å². The van der Waals surface area contributed by atoms with Crippen LogP contribution in [0, 0.1) is 0 Å². The Kier molecular flexibility index (Phi) is 5.05. The molecule has 0 aliphatic heterocycles. The van der Waals surface area contributed by atoms with Gasteiger partial charge in [-0.2, -0.15) is 8.42 Å². The lowest BCUT2D eigenvalue weighted by molar-refractivity contribution is 0.360. The summed E-state index contributed by atoms with van der Waals surface area (Å²) < 4.78 is 40.0. The predicted molar refractivity (Wildman–Crippen MR) is 83.8 cm³/mol. The van der Waals surface area contributed by atoms with E-state index in [4.69, 9.17) is 36.9 Å². The molecule has 0 heterocycles. The maximum Gasteiger partial charge on any atom is 0.339 e. The van der Waals surface area contributed by atoms with Crippen LogP contribution in [0.15, 0.2) is 41.3 Å². The number of hydrogen-bond donors (Lipinski definition) is 0. The van der Waals surface area contributed by atoms with Crippen LogP contribution in [0.2, 0.25) is 10.0 Å². The molecule has 0 aromatic heterocycles. The van der Waals surface area contributed by atoms with E-state index in [2.05, 4.69) is 0 Å². The van der Waals surface area contributed by atoms with Crippen LogP contribution in [0.3, 0.4) is 0 Å². The molecule has 2 aromatic rings. The van der Waals surface area contributed by atoms with Crippen molar-refractivity contribution in [2.45, 2.75) is 4.90 Å². The summed E-state index contributed by atoms with van der Waals surface area (Å²) >= 11 is 11.7. The smallest absolute Gasteiger partial charge is 0.339 e. The lowest BCUT2D eigenvalue weighted by Gasteiger charge is -2.15. The average molecular weight is 363 g/mol. The molecule has 22 heavy (non-hydrogen) atoms. The molecule has 2 rings (SSSR count). The lowest BCUT2D eigenvalue weighted by atomic mass is 10.3. The first-order valence-corrected chi connectivity index (χ1v) is 8.16. The van der Waals surface area contributed by atoms with Gasteiger partial charge in [-0.3, -0.25) is 0 Å². The highest BCUT2D eigenvalue weighted by atomic mass is 35.5. The standard InChI is InChI=1S/C14H12Cl2O5S/c1-19-12-8-7-11(16)13(20-2)14(12)21-22(17,18)10-5-3-9(15)4-6-10/h3-8H,1-2H3. The van der Waals surface area contributed by atoms with E-state index in [9.17, 15) is 8.42 Å². The highest BCUT2D eigenvalue weighted by Gasteiger charge is 2.24. The van der Waals surface area contributed by atoms with E-state index < -0.39 is 10.1 Å². The van der Waals surface area contributed by atoms with Crippen LogP contribution in [-0.2, 0) is 10.1 Å². The summed E-state index contributed by atoms with van der Waals surface area (Å²) in [5.74, 6) is 0.129. The highest BCUT2D eigenvalue weighted by molar-refractivity contribution is 7.87. The molecular formula is C14H12Cl2O5S. The molecule has 0 N–H and O–H groups in total. The van der Waals surface area contributed by atoms with Gasteiger partial charge in [0.05, 0.1) is 19.2 Å². The summed E-state index contributed by atoms with van der Waals surface area (Å²) in [4.78, 5) is -0.0546. The Morgan fingerprint density at radius 3 is 2.05 bits per heavy atom. The molecule has 118 valence electrons. The van der Waals surface area contributed by atoms with E-state index >= 15 is 0 Å². The molecule has 0 aliphatic carbocycles. The first-order chi connectivity index (χ1) is 10.4. The highest BCUT2D eigenvalue weighted by Crippen LogP contribution is 2.43. The fraction of sp³-hybridized carbons (Fsp3) is 0.143. The van der Waals surface area contributed by atoms with Crippen LogP contribution < -0.4 is 13.7 Å². The molecule has 0 atom stereocenters. The Bertz CT molecular complexity index is 773. The van der Waals surface area contributed by atoms with Gasteiger partial charge >= 0.3 is 10.1 Å². The molecule has 0 saturated heterocycles. The Balaban J connectivity index is 2.49. The van der Waals surface area contributed by atoms with Crippen molar-refractivity contribution < 1.29 is 22.1 Å². The topological polar surface area (TPSA) is 61.8 Å². The minimum Gasteiger partial charge on any atom is -0.493 e. The average Bonchev–Trinajstić information content (AvgIpc) is 2.48. The second kappa shape index (κ2) is 6.64.